The van der Waals surface area contributed by atoms with Crippen LogP contribution in [0.15, 0.2) is 30.3 Å². The third kappa shape index (κ3) is 3.13. The lowest BCUT2D eigenvalue weighted by Gasteiger charge is -2.14. The van der Waals surface area contributed by atoms with E-state index in [0.717, 1.165) is 23.1 Å². The number of nitrogens with zero attached hydrogens (tertiary/aromatic N) is 1. The molecule has 3 rings (SSSR count). The van der Waals surface area contributed by atoms with Gasteiger partial charge in [0.05, 0.1) is 0 Å². The summed E-state index contributed by atoms with van der Waals surface area (Å²) < 4.78 is 0. The minimum Gasteiger partial charge on any atom is -0.348 e. The number of aromatic nitrogens is 1. The summed E-state index contributed by atoms with van der Waals surface area (Å²) in [6.07, 6.45) is 3.62. The molecule has 0 bridgehead atoms. The molecular formula is C16H20N4O. The van der Waals surface area contributed by atoms with E-state index >= 15 is 0 Å². The molecule has 1 aromatic heterocycles. The van der Waals surface area contributed by atoms with Crippen molar-refractivity contribution in [2.45, 2.75) is 32.2 Å². The fourth-order valence-electron chi connectivity index (χ4n) is 2.64. The molecular weight excluding hydrogens is 264 g/mol. The fraction of sp³-hybridized carbons (Fsp3) is 0.375. The van der Waals surface area contributed by atoms with Gasteiger partial charge in [-0.25, -0.2) is 10.8 Å². The SMILES string of the molecule is CC(CC1CC1)NC(=O)c1cc2ccccc2c(NN)n1. The van der Waals surface area contributed by atoms with Crippen molar-refractivity contribution in [1.82, 2.24) is 10.3 Å². The fourth-order valence-corrected chi connectivity index (χ4v) is 2.64. The Hall–Kier alpha value is -2.14. The van der Waals surface area contributed by atoms with Gasteiger partial charge in [-0.2, -0.15) is 0 Å². The molecule has 0 aliphatic heterocycles. The van der Waals surface area contributed by atoms with Gasteiger partial charge in [0, 0.05) is 11.4 Å². The summed E-state index contributed by atoms with van der Waals surface area (Å²) in [5.74, 6) is 6.67. The standard InChI is InChI=1S/C16H20N4O/c1-10(8-11-6-7-11)18-16(21)14-9-12-4-2-3-5-13(12)15(19-14)20-17/h2-5,9-11H,6-8,17H2,1H3,(H,18,21)(H,19,20). The highest BCUT2D eigenvalue weighted by molar-refractivity contribution is 6.00. The van der Waals surface area contributed by atoms with E-state index in [1.54, 1.807) is 6.07 Å². The van der Waals surface area contributed by atoms with Gasteiger partial charge in [-0.1, -0.05) is 37.1 Å². The first kappa shape index (κ1) is 13.8. The molecule has 0 radical (unpaired) electrons. The maximum atomic E-state index is 12.3. The molecule has 21 heavy (non-hydrogen) atoms. The van der Waals surface area contributed by atoms with Crippen LogP contribution in [0.4, 0.5) is 5.82 Å². The number of anilines is 1. The molecule has 110 valence electrons. The lowest BCUT2D eigenvalue weighted by Crippen LogP contribution is -2.33. The maximum Gasteiger partial charge on any atom is 0.270 e. The predicted molar refractivity (Wildman–Crippen MR) is 83.8 cm³/mol. The third-order valence-corrected chi connectivity index (χ3v) is 3.87. The van der Waals surface area contributed by atoms with Gasteiger partial charge in [0.1, 0.15) is 11.5 Å². The van der Waals surface area contributed by atoms with Crippen LogP contribution in [0.1, 0.15) is 36.7 Å². The van der Waals surface area contributed by atoms with Crippen molar-refractivity contribution in [3.63, 3.8) is 0 Å². The minimum atomic E-state index is -0.148. The number of hydrazine groups is 1. The Morgan fingerprint density at radius 3 is 2.90 bits per heavy atom. The first-order valence-corrected chi connectivity index (χ1v) is 7.34. The van der Waals surface area contributed by atoms with E-state index in [1.807, 2.05) is 31.2 Å². The Morgan fingerprint density at radius 2 is 2.19 bits per heavy atom. The van der Waals surface area contributed by atoms with E-state index in [4.69, 9.17) is 5.84 Å². The van der Waals surface area contributed by atoms with E-state index in [-0.39, 0.29) is 11.9 Å². The smallest absolute Gasteiger partial charge is 0.270 e. The molecule has 1 amide bonds. The molecule has 0 spiro atoms. The van der Waals surface area contributed by atoms with Crippen molar-refractivity contribution in [2.24, 2.45) is 11.8 Å². The molecule has 1 atom stereocenters. The summed E-state index contributed by atoms with van der Waals surface area (Å²) in [5, 5.41) is 4.86. The second kappa shape index (κ2) is 5.69. The van der Waals surface area contributed by atoms with Crippen molar-refractivity contribution < 1.29 is 4.79 Å². The van der Waals surface area contributed by atoms with Gasteiger partial charge in [0.2, 0.25) is 0 Å². The summed E-state index contributed by atoms with van der Waals surface area (Å²) >= 11 is 0. The van der Waals surface area contributed by atoms with Crippen molar-refractivity contribution in [2.75, 3.05) is 5.43 Å². The van der Waals surface area contributed by atoms with Gasteiger partial charge < -0.3 is 10.7 Å². The number of carbonyl (C=O) groups is 1. The van der Waals surface area contributed by atoms with Crippen molar-refractivity contribution in [3.05, 3.63) is 36.0 Å². The molecule has 1 unspecified atom stereocenters. The van der Waals surface area contributed by atoms with Crippen molar-refractivity contribution in [1.29, 1.82) is 0 Å². The number of hydrogen-bond donors (Lipinski definition) is 3. The summed E-state index contributed by atoms with van der Waals surface area (Å²) in [7, 11) is 0. The summed E-state index contributed by atoms with van der Waals surface area (Å²) in [6, 6.07) is 9.70. The summed E-state index contributed by atoms with van der Waals surface area (Å²) in [6.45, 7) is 2.04. The first-order chi connectivity index (χ1) is 10.2. The Labute approximate surface area is 123 Å². The van der Waals surface area contributed by atoms with E-state index < -0.39 is 0 Å². The highest BCUT2D eigenvalue weighted by Gasteiger charge is 2.24. The number of nitrogen functional groups attached to an aromatic ring is 1. The Bertz CT molecular complexity index is 666. The minimum absolute atomic E-state index is 0.148. The van der Waals surface area contributed by atoms with E-state index in [2.05, 4.69) is 15.7 Å². The van der Waals surface area contributed by atoms with Gasteiger partial charge in [0.15, 0.2) is 0 Å². The van der Waals surface area contributed by atoms with Crippen LogP contribution in [0.5, 0.6) is 0 Å². The number of benzene rings is 1. The number of nitrogens with one attached hydrogen (secondary N) is 2. The van der Waals surface area contributed by atoms with Crippen LogP contribution in [0.25, 0.3) is 10.8 Å². The zero-order valence-corrected chi connectivity index (χ0v) is 12.1. The molecule has 1 heterocycles. The number of nitrogens with two attached hydrogens (primary N) is 1. The molecule has 1 saturated carbocycles. The van der Waals surface area contributed by atoms with Crippen LogP contribution >= 0.6 is 0 Å². The number of rotatable bonds is 5. The van der Waals surface area contributed by atoms with Gasteiger partial charge in [0.25, 0.3) is 5.91 Å². The average molecular weight is 284 g/mol. The van der Waals surface area contributed by atoms with E-state index in [0.29, 0.717) is 11.5 Å². The molecule has 1 aromatic carbocycles. The molecule has 1 aliphatic rings. The second-order valence-corrected chi connectivity index (χ2v) is 5.78. The number of hydrogen-bond acceptors (Lipinski definition) is 4. The van der Waals surface area contributed by atoms with Crippen molar-refractivity contribution >= 4 is 22.5 Å². The lowest BCUT2D eigenvalue weighted by atomic mass is 10.1. The van der Waals surface area contributed by atoms with Gasteiger partial charge in [-0.3, -0.25) is 4.79 Å². The first-order valence-electron chi connectivity index (χ1n) is 7.34. The average Bonchev–Trinajstić information content (AvgIpc) is 3.29. The van der Waals surface area contributed by atoms with E-state index in [9.17, 15) is 4.79 Å². The zero-order chi connectivity index (χ0) is 14.8. The number of amides is 1. The van der Waals surface area contributed by atoms with Gasteiger partial charge in [-0.15, -0.1) is 0 Å². The number of fused-ring (bicyclic) bond motifs is 1. The van der Waals surface area contributed by atoms with Crippen LogP contribution < -0.4 is 16.6 Å². The predicted octanol–water partition coefficient (Wildman–Crippen LogP) is 2.44. The monoisotopic (exact) mass is 284 g/mol. The molecule has 1 fully saturated rings. The van der Waals surface area contributed by atoms with Crippen LogP contribution in [0.3, 0.4) is 0 Å². The Balaban J connectivity index is 1.83. The highest BCUT2D eigenvalue weighted by Crippen LogP contribution is 2.33. The second-order valence-electron chi connectivity index (χ2n) is 5.78. The maximum absolute atomic E-state index is 12.3. The zero-order valence-electron chi connectivity index (χ0n) is 12.1. The third-order valence-electron chi connectivity index (χ3n) is 3.87. The molecule has 1 aliphatic carbocycles. The largest absolute Gasteiger partial charge is 0.348 e. The summed E-state index contributed by atoms with van der Waals surface area (Å²) in [5.41, 5.74) is 2.96. The molecule has 4 N–H and O–H groups in total. The molecule has 5 heteroatoms. The molecule has 2 aromatic rings. The molecule has 5 nitrogen and oxygen atoms in total. The van der Waals surface area contributed by atoms with Crippen molar-refractivity contribution in [3.8, 4) is 0 Å². The molecule has 0 saturated heterocycles. The Morgan fingerprint density at radius 1 is 1.43 bits per heavy atom. The quantitative estimate of drug-likeness (QED) is 0.582. The van der Waals surface area contributed by atoms with E-state index in [1.165, 1.54) is 12.8 Å². The lowest BCUT2D eigenvalue weighted by molar-refractivity contribution is 0.0932. The highest BCUT2D eigenvalue weighted by atomic mass is 16.1. The summed E-state index contributed by atoms with van der Waals surface area (Å²) in [4.78, 5) is 16.6. The van der Waals surface area contributed by atoms with Gasteiger partial charge in [-0.05, 0) is 30.7 Å². The van der Waals surface area contributed by atoms with Gasteiger partial charge >= 0.3 is 0 Å². The Kier molecular flexibility index (Phi) is 3.75. The topological polar surface area (TPSA) is 80.0 Å². The van der Waals surface area contributed by atoms with Crippen LogP contribution in [-0.2, 0) is 0 Å². The normalized spacial score (nSPS) is 15.7. The number of carbonyl (C=O) groups excluding carboxylic acids is 1. The van der Waals surface area contributed by atoms with Crippen LogP contribution in [0.2, 0.25) is 0 Å². The number of pyridine rings is 1. The van der Waals surface area contributed by atoms with Crippen LogP contribution in [-0.4, -0.2) is 16.9 Å². The van der Waals surface area contributed by atoms with Crippen LogP contribution in [0, 0.1) is 5.92 Å².